The molecule has 1 aliphatic rings. The summed E-state index contributed by atoms with van der Waals surface area (Å²) in [5.41, 5.74) is 1.12. The molecule has 0 aliphatic carbocycles. The molecule has 1 fully saturated rings. The molecule has 0 bridgehead atoms. The summed E-state index contributed by atoms with van der Waals surface area (Å²) < 4.78 is 12.7. The van der Waals surface area contributed by atoms with Crippen LogP contribution in [0.15, 0.2) is 58.3 Å². The lowest BCUT2D eigenvalue weighted by molar-refractivity contribution is -0.140. The van der Waals surface area contributed by atoms with Crippen molar-refractivity contribution in [1.29, 1.82) is 0 Å². The Morgan fingerprint density at radius 3 is 2.72 bits per heavy atom. The highest BCUT2D eigenvalue weighted by molar-refractivity contribution is 8.00. The number of carbonyl (C=O) groups excluding carboxylic acids is 1. The number of aromatic nitrogens is 3. The molecule has 0 amide bonds. The molecule has 128 valence electrons. The molecule has 0 saturated carbocycles. The maximum Gasteiger partial charge on any atom is 0.319 e. The van der Waals surface area contributed by atoms with Gasteiger partial charge in [0.05, 0.1) is 12.8 Å². The number of furan rings is 1. The summed E-state index contributed by atoms with van der Waals surface area (Å²) in [6.07, 6.45) is 2.23. The van der Waals surface area contributed by atoms with Gasteiger partial charge in [-0.25, -0.2) is 0 Å². The van der Waals surface area contributed by atoms with Crippen LogP contribution < -0.4 is 0 Å². The summed E-state index contributed by atoms with van der Waals surface area (Å²) in [5.74, 6) is 1.11. The Bertz CT molecular complexity index is 861. The van der Waals surface area contributed by atoms with E-state index < -0.39 is 0 Å². The summed E-state index contributed by atoms with van der Waals surface area (Å²) in [7, 11) is 0. The maximum atomic E-state index is 12.0. The average molecular weight is 355 g/mol. The van der Waals surface area contributed by atoms with Crippen LogP contribution >= 0.6 is 11.8 Å². The van der Waals surface area contributed by atoms with Crippen molar-refractivity contribution in [2.45, 2.75) is 36.4 Å². The Labute approximate surface area is 149 Å². The van der Waals surface area contributed by atoms with Gasteiger partial charge < -0.3 is 9.15 Å². The molecule has 0 N–H and O–H groups in total. The van der Waals surface area contributed by atoms with E-state index in [-0.39, 0.29) is 17.3 Å². The topological polar surface area (TPSA) is 70.2 Å². The van der Waals surface area contributed by atoms with Crippen LogP contribution in [0.1, 0.15) is 18.9 Å². The fourth-order valence-electron chi connectivity index (χ4n) is 2.82. The van der Waals surface area contributed by atoms with Crippen LogP contribution in [0.5, 0.6) is 0 Å². The number of benzene rings is 1. The van der Waals surface area contributed by atoms with Gasteiger partial charge in [-0.1, -0.05) is 42.1 Å². The highest BCUT2D eigenvalue weighted by Gasteiger charge is 2.34. The van der Waals surface area contributed by atoms with Crippen LogP contribution in [0.3, 0.4) is 0 Å². The summed E-state index contributed by atoms with van der Waals surface area (Å²) in [4.78, 5) is 12.0. The molecule has 25 heavy (non-hydrogen) atoms. The van der Waals surface area contributed by atoms with Gasteiger partial charge in [-0.05, 0) is 24.6 Å². The third kappa shape index (κ3) is 3.32. The number of hydrogen-bond acceptors (Lipinski definition) is 6. The lowest BCUT2D eigenvalue weighted by atomic mass is 10.2. The van der Waals surface area contributed by atoms with Crippen molar-refractivity contribution >= 4 is 17.7 Å². The SMILES string of the molecule is CC1CC(Sc2nnc(-c3ccco3)n2Cc2ccccc2)C(=O)O1. The van der Waals surface area contributed by atoms with Crippen molar-refractivity contribution in [2.24, 2.45) is 0 Å². The lowest BCUT2D eigenvalue weighted by Gasteiger charge is -2.10. The number of ether oxygens (including phenoxy) is 1. The largest absolute Gasteiger partial charge is 0.462 e. The first kappa shape index (κ1) is 16.0. The van der Waals surface area contributed by atoms with E-state index >= 15 is 0 Å². The third-order valence-corrected chi connectivity index (χ3v) is 5.20. The van der Waals surface area contributed by atoms with Crippen molar-refractivity contribution < 1.29 is 13.9 Å². The number of rotatable bonds is 5. The summed E-state index contributed by atoms with van der Waals surface area (Å²) in [5, 5.41) is 9.02. The fourth-order valence-corrected chi connectivity index (χ4v) is 3.96. The first-order valence-corrected chi connectivity index (χ1v) is 8.97. The van der Waals surface area contributed by atoms with E-state index in [1.807, 2.05) is 54.0 Å². The molecule has 3 heterocycles. The normalized spacial score (nSPS) is 20.0. The van der Waals surface area contributed by atoms with Crippen LogP contribution in [-0.4, -0.2) is 32.1 Å². The second-order valence-electron chi connectivity index (χ2n) is 5.94. The second kappa shape index (κ2) is 6.76. The molecule has 2 unspecified atom stereocenters. The van der Waals surface area contributed by atoms with E-state index in [0.717, 1.165) is 5.56 Å². The van der Waals surface area contributed by atoms with E-state index in [1.54, 1.807) is 6.26 Å². The molecular weight excluding hydrogens is 338 g/mol. The van der Waals surface area contributed by atoms with Gasteiger partial charge in [0.1, 0.15) is 11.4 Å². The van der Waals surface area contributed by atoms with Crippen LogP contribution in [0.2, 0.25) is 0 Å². The molecule has 2 atom stereocenters. The van der Waals surface area contributed by atoms with Gasteiger partial charge in [-0.3, -0.25) is 9.36 Å². The number of thioether (sulfide) groups is 1. The number of esters is 1. The predicted octanol–water partition coefficient (Wildman–Crippen LogP) is 3.38. The van der Waals surface area contributed by atoms with E-state index in [0.29, 0.717) is 29.7 Å². The van der Waals surface area contributed by atoms with Gasteiger partial charge >= 0.3 is 5.97 Å². The van der Waals surface area contributed by atoms with E-state index in [2.05, 4.69) is 10.2 Å². The second-order valence-corrected chi connectivity index (χ2v) is 7.11. The van der Waals surface area contributed by atoms with E-state index in [9.17, 15) is 4.79 Å². The van der Waals surface area contributed by atoms with Gasteiger partial charge in [0.2, 0.25) is 5.82 Å². The van der Waals surface area contributed by atoms with Crippen LogP contribution in [0.25, 0.3) is 11.6 Å². The Balaban J connectivity index is 1.67. The Hall–Kier alpha value is -2.54. The molecule has 1 aromatic carbocycles. The number of hydrogen-bond donors (Lipinski definition) is 0. The van der Waals surface area contributed by atoms with Crippen LogP contribution in [0.4, 0.5) is 0 Å². The van der Waals surface area contributed by atoms with Gasteiger partial charge in [-0.2, -0.15) is 0 Å². The van der Waals surface area contributed by atoms with Gasteiger partial charge in [0.25, 0.3) is 0 Å². The lowest BCUT2D eigenvalue weighted by Crippen LogP contribution is -2.12. The molecule has 1 aliphatic heterocycles. The number of nitrogens with zero attached hydrogens (tertiary/aromatic N) is 3. The maximum absolute atomic E-state index is 12.0. The molecule has 1 saturated heterocycles. The molecule has 3 aromatic rings. The number of carbonyl (C=O) groups is 1. The molecule has 0 radical (unpaired) electrons. The summed E-state index contributed by atoms with van der Waals surface area (Å²) >= 11 is 1.40. The van der Waals surface area contributed by atoms with Crippen LogP contribution in [0, 0.1) is 0 Å². The van der Waals surface area contributed by atoms with Crippen molar-refractivity contribution in [3.8, 4) is 11.6 Å². The van der Waals surface area contributed by atoms with E-state index in [1.165, 1.54) is 11.8 Å². The van der Waals surface area contributed by atoms with Crippen molar-refractivity contribution in [1.82, 2.24) is 14.8 Å². The summed E-state index contributed by atoms with van der Waals surface area (Å²) in [6, 6.07) is 13.7. The fraction of sp³-hybridized carbons (Fsp3) is 0.278. The smallest absolute Gasteiger partial charge is 0.319 e. The summed E-state index contributed by atoms with van der Waals surface area (Å²) in [6.45, 7) is 2.50. The average Bonchev–Trinajstić information content (AvgIpc) is 3.31. The minimum absolute atomic E-state index is 0.0555. The molecule has 7 heteroatoms. The minimum Gasteiger partial charge on any atom is -0.462 e. The van der Waals surface area contributed by atoms with Crippen molar-refractivity contribution in [3.63, 3.8) is 0 Å². The Morgan fingerprint density at radius 2 is 2.04 bits per heavy atom. The third-order valence-electron chi connectivity index (χ3n) is 4.02. The first-order chi connectivity index (χ1) is 12.2. The monoisotopic (exact) mass is 355 g/mol. The Kier molecular flexibility index (Phi) is 4.31. The first-order valence-electron chi connectivity index (χ1n) is 8.09. The highest BCUT2D eigenvalue weighted by atomic mass is 32.2. The highest BCUT2D eigenvalue weighted by Crippen LogP contribution is 2.33. The molecule has 6 nitrogen and oxygen atoms in total. The quantitative estimate of drug-likeness (QED) is 0.654. The van der Waals surface area contributed by atoms with Crippen LogP contribution in [-0.2, 0) is 16.1 Å². The molecule has 0 spiro atoms. The molecule has 2 aromatic heterocycles. The molecule has 4 rings (SSSR count). The predicted molar refractivity (Wildman–Crippen MR) is 93.1 cm³/mol. The zero-order valence-corrected chi connectivity index (χ0v) is 14.5. The standard InChI is InChI=1S/C18H17N3O3S/c1-12-10-15(17(22)24-12)25-18-20-19-16(14-8-5-9-23-14)21(18)11-13-6-3-2-4-7-13/h2-9,12,15H,10-11H2,1H3. The minimum atomic E-state index is -0.252. The zero-order valence-electron chi connectivity index (χ0n) is 13.7. The van der Waals surface area contributed by atoms with Crippen molar-refractivity contribution in [3.05, 3.63) is 54.3 Å². The van der Waals surface area contributed by atoms with Gasteiger partial charge in [0, 0.05) is 6.42 Å². The molecular formula is C18H17N3O3S. The van der Waals surface area contributed by atoms with Gasteiger partial charge in [0.15, 0.2) is 10.9 Å². The van der Waals surface area contributed by atoms with E-state index in [4.69, 9.17) is 9.15 Å². The zero-order chi connectivity index (χ0) is 17.2. The van der Waals surface area contributed by atoms with Crippen molar-refractivity contribution in [2.75, 3.05) is 0 Å². The van der Waals surface area contributed by atoms with Gasteiger partial charge in [-0.15, -0.1) is 10.2 Å². The number of cyclic esters (lactones) is 1. The Morgan fingerprint density at radius 1 is 1.20 bits per heavy atom.